The van der Waals surface area contributed by atoms with Crippen LogP contribution in [0.5, 0.6) is 5.75 Å². The Bertz CT molecular complexity index is 922. The maximum Gasteiger partial charge on any atom is 0.264 e. The van der Waals surface area contributed by atoms with E-state index in [-0.39, 0.29) is 16.6 Å². The normalized spacial score (nSPS) is 15.0. The molecule has 2 aromatic rings. The van der Waals surface area contributed by atoms with Crippen molar-refractivity contribution in [2.24, 2.45) is 0 Å². The fourth-order valence-electron chi connectivity index (χ4n) is 3.06. The maximum absolute atomic E-state index is 12.5. The van der Waals surface area contributed by atoms with Crippen LogP contribution in [0.25, 0.3) is 0 Å². The molecule has 0 bridgehead atoms. The van der Waals surface area contributed by atoms with Gasteiger partial charge >= 0.3 is 0 Å². The van der Waals surface area contributed by atoms with E-state index in [4.69, 9.17) is 9.57 Å². The van der Waals surface area contributed by atoms with Gasteiger partial charge in [-0.3, -0.25) is 9.63 Å². The summed E-state index contributed by atoms with van der Waals surface area (Å²) in [6, 6.07) is 13.0. The van der Waals surface area contributed by atoms with E-state index in [1.807, 2.05) is 12.1 Å². The highest BCUT2D eigenvalue weighted by Crippen LogP contribution is 2.25. The number of hydrogen-bond acceptors (Lipinski definition) is 5. The van der Waals surface area contributed by atoms with Crippen molar-refractivity contribution in [3.63, 3.8) is 0 Å². The number of amides is 1. The molecule has 1 amide bonds. The molecule has 0 unspecified atom stereocenters. The second-order valence-electron chi connectivity index (χ2n) is 6.63. The second kappa shape index (κ2) is 8.72. The third-order valence-corrected chi connectivity index (χ3v) is 6.38. The summed E-state index contributed by atoms with van der Waals surface area (Å²) in [6.07, 6.45) is 4.84. The predicted molar refractivity (Wildman–Crippen MR) is 106 cm³/mol. The molecule has 0 spiro atoms. The van der Waals surface area contributed by atoms with Gasteiger partial charge in [-0.25, -0.2) is 8.42 Å². The largest absolute Gasteiger partial charge is 0.490 e. The third-order valence-electron chi connectivity index (χ3n) is 4.71. The molecule has 0 saturated heterocycles. The number of ether oxygens (including phenoxy) is 1. The van der Waals surface area contributed by atoms with Crippen LogP contribution < -0.4 is 10.1 Å². The van der Waals surface area contributed by atoms with E-state index in [1.54, 1.807) is 18.2 Å². The number of anilines is 1. The number of hydrogen-bond donors (Lipinski definition) is 1. The van der Waals surface area contributed by atoms with Gasteiger partial charge < -0.3 is 10.1 Å². The Kier molecular flexibility index (Phi) is 6.33. The smallest absolute Gasteiger partial charge is 0.264 e. The van der Waals surface area contributed by atoms with Gasteiger partial charge in [0.1, 0.15) is 5.75 Å². The van der Waals surface area contributed by atoms with Crippen LogP contribution in [0.3, 0.4) is 0 Å². The molecule has 1 fully saturated rings. The molecule has 1 aliphatic carbocycles. The summed E-state index contributed by atoms with van der Waals surface area (Å²) in [5, 5.41) is 2.77. The Morgan fingerprint density at radius 2 is 1.79 bits per heavy atom. The molecule has 8 heteroatoms. The maximum atomic E-state index is 12.5. The van der Waals surface area contributed by atoms with E-state index in [9.17, 15) is 13.2 Å². The van der Waals surface area contributed by atoms with Crippen LogP contribution in [0.1, 0.15) is 36.0 Å². The molecule has 0 aliphatic heterocycles. The number of nitrogens with zero attached hydrogens (tertiary/aromatic N) is 1. The molecule has 3 rings (SSSR count). The molecular weight excluding hydrogens is 380 g/mol. The first-order valence-corrected chi connectivity index (χ1v) is 10.6. The Morgan fingerprint density at radius 1 is 1.11 bits per heavy atom. The van der Waals surface area contributed by atoms with E-state index >= 15 is 0 Å². The number of nitrogens with one attached hydrogen (secondary N) is 1. The van der Waals surface area contributed by atoms with Gasteiger partial charge in [-0.1, -0.05) is 10.5 Å². The molecule has 0 aromatic heterocycles. The zero-order valence-electron chi connectivity index (χ0n) is 15.9. The first kappa shape index (κ1) is 20.3. The van der Waals surface area contributed by atoms with Crippen molar-refractivity contribution in [2.45, 2.75) is 36.7 Å². The van der Waals surface area contributed by atoms with Crippen LogP contribution in [0, 0.1) is 0 Å². The predicted octanol–water partition coefficient (Wildman–Crippen LogP) is 3.44. The summed E-state index contributed by atoms with van der Waals surface area (Å²) in [5.41, 5.74) is 0.836. The van der Waals surface area contributed by atoms with Gasteiger partial charge in [-0.05, 0) is 68.1 Å². The summed E-state index contributed by atoms with van der Waals surface area (Å²) < 4.78 is 31.3. The minimum atomic E-state index is -3.82. The van der Waals surface area contributed by atoms with Crippen molar-refractivity contribution in [2.75, 3.05) is 19.5 Å². The van der Waals surface area contributed by atoms with Gasteiger partial charge in [-0.2, -0.15) is 0 Å². The molecule has 2 aromatic carbocycles. The Balaban J connectivity index is 1.68. The van der Waals surface area contributed by atoms with E-state index < -0.39 is 15.9 Å². The first-order chi connectivity index (χ1) is 13.4. The van der Waals surface area contributed by atoms with Crippen LogP contribution in [0.2, 0.25) is 0 Å². The number of carbonyl (C=O) groups excluding carboxylic acids is 1. The van der Waals surface area contributed by atoms with Gasteiger partial charge in [-0.15, -0.1) is 0 Å². The zero-order valence-corrected chi connectivity index (χ0v) is 16.7. The van der Waals surface area contributed by atoms with Crippen molar-refractivity contribution in [1.29, 1.82) is 0 Å². The van der Waals surface area contributed by atoms with Crippen LogP contribution in [0.4, 0.5) is 5.69 Å². The number of rotatable bonds is 7. The minimum Gasteiger partial charge on any atom is -0.490 e. The Labute approximate surface area is 165 Å². The molecule has 1 saturated carbocycles. The number of hydroxylamine groups is 1. The Hall–Kier alpha value is -2.42. The molecule has 0 atom stereocenters. The fourth-order valence-corrected chi connectivity index (χ4v) is 4.08. The van der Waals surface area contributed by atoms with Crippen molar-refractivity contribution in [3.8, 4) is 5.75 Å². The quantitative estimate of drug-likeness (QED) is 0.715. The average molecular weight is 404 g/mol. The highest BCUT2D eigenvalue weighted by Gasteiger charge is 2.22. The summed E-state index contributed by atoms with van der Waals surface area (Å²) in [4.78, 5) is 17.2. The Morgan fingerprint density at radius 3 is 2.43 bits per heavy atom. The monoisotopic (exact) mass is 404 g/mol. The van der Waals surface area contributed by atoms with E-state index in [2.05, 4.69) is 5.32 Å². The summed E-state index contributed by atoms with van der Waals surface area (Å²) in [6.45, 7) is 0. The van der Waals surface area contributed by atoms with Gasteiger partial charge in [0.2, 0.25) is 0 Å². The number of carbonyl (C=O) groups is 1. The van der Waals surface area contributed by atoms with Crippen LogP contribution >= 0.6 is 0 Å². The molecule has 0 heterocycles. The fraction of sp³-hybridized carbons (Fsp3) is 0.350. The van der Waals surface area contributed by atoms with Crippen LogP contribution in [0.15, 0.2) is 53.4 Å². The lowest BCUT2D eigenvalue weighted by Crippen LogP contribution is -2.26. The number of sulfonamides is 1. The SMILES string of the molecule is CON(C)S(=O)(=O)c1cccc(C(=O)Nc2ccc(OC3CCCC3)cc2)c1. The van der Waals surface area contributed by atoms with Crippen molar-refractivity contribution in [1.82, 2.24) is 4.47 Å². The van der Waals surface area contributed by atoms with Gasteiger partial charge in [0.25, 0.3) is 15.9 Å². The van der Waals surface area contributed by atoms with E-state index in [1.165, 1.54) is 45.2 Å². The van der Waals surface area contributed by atoms with Crippen molar-refractivity contribution >= 4 is 21.6 Å². The highest BCUT2D eigenvalue weighted by molar-refractivity contribution is 7.89. The van der Waals surface area contributed by atoms with Gasteiger partial charge in [0, 0.05) is 18.3 Å². The summed E-state index contributed by atoms with van der Waals surface area (Å²) in [5.74, 6) is 0.377. The topological polar surface area (TPSA) is 84.9 Å². The summed E-state index contributed by atoms with van der Waals surface area (Å²) >= 11 is 0. The lowest BCUT2D eigenvalue weighted by atomic mass is 10.2. The lowest BCUT2D eigenvalue weighted by Gasteiger charge is -2.15. The highest BCUT2D eigenvalue weighted by atomic mass is 32.2. The number of benzene rings is 2. The standard InChI is InChI=1S/C20H24N2O5S/c1-22(26-2)28(24,25)19-9-5-6-15(14-19)20(23)21-16-10-12-18(13-11-16)27-17-7-3-4-8-17/h5-6,9-14,17H,3-4,7-8H2,1-2H3,(H,21,23). The average Bonchev–Trinajstić information content (AvgIpc) is 3.22. The minimum absolute atomic E-state index is 0.0233. The van der Waals surface area contributed by atoms with Crippen molar-refractivity contribution in [3.05, 3.63) is 54.1 Å². The molecule has 28 heavy (non-hydrogen) atoms. The van der Waals surface area contributed by atoms with Crippen LogP contribution in [-0.2, 0) is 14.9 Å². The summed E-state index contributed by atoms with van der Waals surface area (Å²) in [7, 11) is -1.27. The molecule has 1 N–H and O–H groups in total. The zero-order chi connectivity index (χ0) is 20.1. The molecule has 0 radical (unpaired) electrons. The van der Waals surface area contributed by atoms with E-state index in [0.29, 0.717) is 5.69 Å². The van der Waals surface area contributed by atoms with E-state index in [0.717, 1.165) is 23.1 Å². The first-order valence-electron chi connectivity index (χ1n) is 9.11. The molecule has 150 valence electrons. The molecule has 7 nitrogen and oxygen atoms in total. The van der Waals surface area contributed by atoms with Crippen molar-refractivity contribution < 1.29 is 22.8 Å². The molecule has 1 aliphatic rings. The van der Waals surface area contributed by atoms with Crippen LogP contribution in [-0.4, -0.2) is 39.1 Å². The van der Waals surface area contributed by atoms with Gasteiger partial charge in [0.15, 0.2) is 0 Å². The van der Waals surface area contributed by atoms with Gasteiger partial charge in [0.05, 0.1) is 18.1 Å². The molecular formula is C20H24N2O5S. The third kappa shape index (κ3) is 4.70. The second-order valence-corrected chi connectivity index (χ2v) is 8.56. The lowest BCUT2D eigenvalue weighted by molar-refractivity contribution is -0.0258.